The zero-order chi connectivity index (χ0) is 13.5. The maximum absolute atomic E-state index is 10.5. The van der Waals surface area contributed by atoms with Gasteiger partial charge in [-0.1, -0.05) is 40.8 Å². The van der Waals surface area contributed by atoms with Gasteiger partial charge in [0.2, 0.25) is 5.91 Å². The van der Waals surface area contributed by atoms with Gasteiger partial charge >= 0.3 is 5.97 Å². The predicted molar refractivity (Wildman–Crippen MR) is 77.7 cm³/mol. The molecule has 0 aliphatic rings. The minimum Gasteiger partial charge on any atom is -0.481 e. The first-order valence-electron chi connectivity index (χ1n) is 5.15. The molecule has 6 heteroatoms. The molecule has 0 saturated heterocycles. The molecule has 0 unspecified atom stereocenters. The average molecular weight is 360 g/mol. The van der Waals surface area contributed by atoms with E-state index in [1.807, 2.05) is 46.9 Å². The van der Waals surface area contributed by atoms with Crippen molar-refractivity contribution in [2.45, 2.75) is 6.42 Å². The van der Waals surface area contributed by atoms with Crippen molar-refractivity contribution in [1.29, 1.82) is 0 Å². The van der Waals surface area contributed by atoms with Gasteiger partial charge in [0.15, 0.2) is 0 Å². The Kier molecular flexibility index (Phi) is 5.63. The van der Waals surface area contributed by atoms with Crippen LogP contribution in [-0.4, -0.2) is 26.4 Å². The van der Waals surface area contributed by atoms with Crippen molar-refractivity contribution in [3.05, 3.63) is 36.0 Å². The number of nitrogens with two attached hydrogens (primary N) is 1. The van der Waals surface area contributed by atoms with Gasteiger partial charge in [-0.2, -0.15) is 0 Å². The van der Waals surface area contributed by atoms with Crippen molar-refractivity contribution in [2.24, 2.45) is 5.73 Å². The van der Waals surface area contributed by atoms with Crippen LogP contribution in [0, 0.1) is 0 Å². The molecule has 0 atom stereocenters. The molecule has 2 aromatic rings. The fraction of sp³-hybridized carbons (Fsp3) is 0.167. The van der Waals surface area contributed by atoms with Crippen LogP contribution in [0.25, 0.3) is 10.9 Å². The number of halogens is 1. The lowest BCUT2D eigenvalue weighted by Gasteiger charge is -1.92. The molecule has 0 saturated carbocycles. The van der Waals surface area contributed by atoms with E-state index >= 15 is 0 Å². The van der Waals surface area contributed by atoms with Crippen LogP contribution in [0.1, 0.15) is 5.56 Å². The molecule has 0 radical (unpaired) electrons. The summed E-state index contributed by atoms with van der Waals surface area (Å²) in [5.74, 6) is -1.06. The number of carbonyl (C=O) groups excluding carboxylic acids is 1. The van der Waals surface area contributed by atoms with Crippen LogP contribution >= 0.6 is 22.6 Å². The SMILES string of the molecule is NC(=O)CI.O=C(O)Cc1c[nH]c2ccccc12. The van der Waals surface area contributed by atoms with E-state index in [9.17, 15) is 9.59 Å². The average Bonchev–Trinajstić information content (AvgIpc) is 2.73. The number of H-pyrrole nitrogens is 1. The lowest BCUT2D eigenvalue weighted by molar-refractivity contribution is -0.136. The fourth-order valence-electron chi connectivity index (χ4n) is 1.44. The van der Waals surface area contributed by atoms with Crippen molar-refractivity contribution < 1.29 is 14.7 Å². The summed E-state index contributed by atoms with van der Waals surface area (Å²) in [5.41, 5.74) is 6.47. The first kappa shape index (κ1) is 14.5. The lowest BCUT2D eigenvalue weighted by atomic mass is 10.1. The molecule has 0 fully saturated rings. The van der Waals surface area contributed by atoms with Crippen molar-refractivity contribution in [2.75, 3.05) is 4.43 Å². The van der Waals surface area contributed by atoms with Crippen LogP contribution < -0.4 is 5.73 Å². The van der Waals surface area contributed by atoms with Gasteiger partial charge in [0.25, 0.3) is 0 Å². The maximum atomic E-state index is 10.5. The third kappa shape index (κ3) is 4.36. The normalized spacial score (nSPS) is 9.61. The third-order valence-corrected chi connectivity index (χ3v) is 2.90. The van der Waals surface area contributed by atoms with Crippen molar-refractivity contribution in [3.63, 3.8) is 0 Å². The number of aromatic nitrogens is 1. The zero-order valence-electron chi connectivity index (χ0n) is 9.52. The molecular formula is C12H13IN2O3. The highest BCUT2D eigenvalue weighted by Gasteiger charge is 2.05. The Balaban J connectivity index is 0.000000280. The highest BCUT2D eigenvalue weighted by atomic mass is 127. The number of carboxylic acids is 1. The van der Waals surface area contributed by atoms with Gasteiger partial charge in [0, 0.05) is 17.1 Å². The molecule has 18 heavy (non-hydrogen) atoms. The molecule has 4 N–H and O–H groups in total. The number of nitrogens with one attached hydrogen (secondary N) is 1. The van der Waals surface area contributed by atoms with Crippen molar-refractivity contribution in [1.82, 2.24) is 4.98 Å². The summed E-state index contributed by atoms with van der Waals surface area (Å²) >= 11 is 1.90. The Hall–Kier alpha value is -1.57. The highest BCUT2D eigenvalue weighted by molar-refractivity contribution is 14.1. The number of para-hydroxylation sites is 1. The Morgan fingerprint density at radius 2 is 1.94 bits per heavy atom. The van der Waals surface area contributed by atoms with E-state index in [1.165, 1.54) is 0 Å². The first-order valence-corrected chi connectivity index (χ1v) is 6.68. The second kappa shape index (κ2) is 7.00. The second-order valence-corrected chi connectivity index (χ2v) is 4.29. The van der Waals surface area contributed by atoms with Crippen LogP contribution in [0.15, 0.2) is 30.5 Å². The summed E-state index contributed by atoms with van der Waals surface area (Å²) < 4.78 is 0.414. The smallest absolute Gasteiger partial charge is 0.307 e. The lowest BCUT2D eigenvalue weighted by Crippen LogP contribution is -2.10. The number of benzene rings is 1. The first-order chi connectivity index (χ1) is 8.54. The molecular weight excluding hydrogens is 347 g/mol. The Labute approximate surface area is 118 Å². The minimum absolute atomic E-state index is 0.0734. The molecule has 96 valence electrons. The molecule has 1 aromatic carbocycles. The third-order valence-electron chi connectivity index (χ3n) is 2.15. The largest absolute Gasteiger partial charge is 0.481 e. The van der Waals surface area contributed by atoms with Crippen molar-refractivity contribution in [3.8, 4) is 0 Å². The molecule has 2 rings (SSSR count). The number of carboxylic acid groups (broad SMARTS) is 1. The molecule has 0 aliphatic heterocycles. The van der Waals surface area contributed by atoms with E-state index in [4.69, 9.17) is 5.11 Å². The van der Waals surface area contributed by atoms with Crippen LogP contribution in [0.4, 0.5) is 0 Å². The van der Waals surface area contributed by atoms with Gasteiger partial charge in [-0.05, 0) is 11.6 Å². The van der Waals surface area contributed by atoms with Crippen LogP contribution in [-0.2, 0) is 16.0 Å². The molecule has 5 nitrogen and oxygen atoms in total. The van der Waals surface area contributed by atoms with E-state index in [0.717, 1.165) is 16.5 Å². The van der Waals surface area contributed by atoms with Crippen LogP contribution in [0.2, 0.25) is 0 Å². The summed E-state index contributed by atoms with van der Waals surface area (Å²) in [6.45, 7) is 0. The van der Waals surface area contributed by atoms with Crippen LogP contribution in [0.5, 0.6) is 0 Å². The van der Waals surface area contributed by atoms with E-state index in [-0.39, 0.29) is 12.3 Å². The van der Waals surface area contributed by atoms with E-state index in [0.29, 0.717) is 4.43 Å². The van der Waals surface area contributed by atoms with E-state index < -0.39 is 5.97 Å². The molecule has 1 heterocycles. The molecule has 0 bridgehead atoms. The molecule has 1 amide bonds. The number of amides is 1. The molecule has 0 aliphatic carbocycles. The monoisotopic (exact) mass is 360 g/mol. The standard InChI is InChI=1S/C10H9NO2.C2H4INO/c12-10(13)5-7-6-11-9-4-2-1-3-8(7)9;3-1-2(4)5/h1-4,6,11H,5H2,(H,12,13);1H2,(H2,4,5). The second-order valence-electron chi connectivity index (χ2n) is 3.53. The number of carbonyl (C=O) groups is 2. The summed E-state index contributed by atoms with van der Waals surface area (Å²) in [6.07, 6.45) is 1.82. The molecule has 1 aromatic heterocycles. The summed E-state index contributed by atoms with van der Waals surface area (Å²) in [5, 5.41) is 9.62. The highest BCUT2D eigenvalue weighted by Crippen LogP contribution is 2.17. The van der Waals surface area contributed by atoms with Crippen LogP contribution in [0.3, 0.4) is 0 Å². The summed E-state index contributed by atoms with van der Waals surface area (Å²) in [6, 6.07) is 7.68. The number of hydrogen-bond donors (Lipinski definition) is 3. The number of aromatic amines is 1. The minimum atomic E-state index is -0.801. The van der Waals surface area contributed by atoms with Gasteiger partial charge in [0.05, 0.1) is 10.8 Å². The Morgan fingerprint density at radius 1 is 1.33 bits per heavy atom. The van der Waals surface area contributed by atoms with E-state index in [1.54, 1.807) is 6.20 Å². The number of rotatable bonds is 3. The number of fused-ring (bicyclic) bond motifs is 1. The van der Waals surface area contributed by atoms with Gasteiger partial charge in [-0.25, -0.2) is 0 Å². The topological polar surface area (TPSA) is 96.2 Å². The maximum Gasteiger partial charge on any atom is 0.307 e. The van der Waals surface area contributed by atoms with Gasteiger partial charge in [-0.15, -0.1) is 0 Å². The number of primary amides is 1. The zero-order valence-corrected chi connectivity index (χ0v) is 11.7. The number of alkyl halides is 1. The quantitative estimate of drug-likeness (QED) is 0.574. The number of aliphatic carboxylic acids is 1. The molecule has 0 spiro atoms. The Morgan fingerprint density at radius 3 is 2.50 bits per heavy atom. The van der Waals surface area contributed by atoms with Gasteiger partial charge in [0.1, 0.15) is 0 Å². The summed E-state index contributed by atoms with van der Waals surface area (Å²) in [4.78, 5) is 23.1. The van der Waals surface area contributed by atoms with E-state index in [2.05, 4.69) is 10.7 Å². The van der Waals surface area contributed by atoms with Gasteiger partial charge in [-0.3, -0.25) is 9.59 Å². The van der Waals surface area contributed by atoms with Gasteiger partial charge < -0.3 is 15.8 Å². The number of hydrogen-bond acceptors (Lipinski definition) is 2. The predicted octanol–water partition coefficient (Wildman–Crippen LogP) is 1.70. The summed E-state index contributed by atoms with van der Waals surface area (Å²) in [7, 11) is 0. The fourth-order valence-corrected chi connectivity index (χ4v) is 1.44. The Bertz CT molecular complexity index is 551. The van der Waals surface area contributed by atoms with Crippen molar-refractivity contribution >= 4 is 45.4 Å².